The molecule has 0 amide bonds. The molecule has 3 aromatic rings. The fourth-order valence-electron chi connectivity index (χ4n) is 2.74. The molecule has 0 saturated heterocycles. The maximum atomic E-state index is 11.4. The van der Waals surface area contributed by atoms with Gasteiger partial charge in [0.15, 0.2) is 12.4 Å². The molecule has 0 radical (unpaired) electrons. The molecule has 0 atom stereocenters. The number of aromatic nitrogens is 2. The number of hydrogen-bond acceptors (Lipinski definition) is 3. The Morgan fingerprint density at radius 3 is 2.62 bits per heavy atom. The molecule has 0 bridgehead atoms. The maximum absolute atomic E-state index is 11.4. The van der Waals surface area contributed by atoms with Gasteiger partial charge in [0.05, 0.1) is 11.3 Å². The minimum atomic E-state index is 0.104. The van der Waals surface area contributed by atoms with E-state index < -0.39 is 0 Å². The molecule has 0 aliphatic heterocycles. The molecule has 0 spiro atoms. The average molecular weight is 294 g/mol. The summed E-state index contributed by atoms with van der Waals surface area (Å²) in [5.74, 6) is 0. The fourth-order valence-corrected chi connectivity index (χ4v) is 3.85. The Morgan fingerprint density at radius 1 is 1.10 bits per heavy atom. The van der Waals surface area contributed by atoms with Gasteiger partial charge in [-0.05, 0) is 24.5 Å². The second-order valence-corrected chi connectivity index (χ2v) is 6.30. The van der Waals surface area contributed by atoms with Crippen LogP contribution in [-0.4, -0.2) is 4.98 Å². The Morgan fingerprint density at radius 2 is 1.90 bits per heavy atom. The van der Waals surface area contributed by atoms with E-state index in [0.717, 1.165) is 33.8 Å². The number of benzene rings is 1. The molecule has 1 saturated carbocycles. The van der Waals surface area contributed by atoms with Gasteiger partial charge in [0.2, 0.25) is 0 Å². The Balaban J connectivity index is 1.72. The number of thiazole rings is 1. The van der Waals surface area contributed by atoms with E-state index in [4.69, 9.17) is 4.98 Å². The van der Waals surface area contributed by atoms with Crippen molar-refractivity contribution in [2.45, 2.75) is 18.3 Å². The van der Waals surface area contributed by atoms with Crippen LogP contribution in [0.5, 0.6) is 0 Å². The molecule has 21 heavy (non-hydrogen) atoms. The van der Waals surface area contributed by atoms with Gasteiger partial charge in [0.25, 0.3) is 0 Å². The lowest BCUT2D eigenvalue weighted by Gasteiger charge is -2.12. The van der Waals surface area contributed by atoms with Crippen LogP contribution in [0.2, 0.25) is 0 Å². The Hall–Kier alpha value is -2.20. The molecule has 4 rings (SSSR count). The van der Waals surface area contributed by atoms with Gasteiger partial charge in [-0.15, -0.1) is 11.3 Å². The second-order valence-electron chi connectivity index (χ2n) is 5.44. The quantitative estimate of drug-likeness (QED) is 0.547. The van der Waals surface area contributed by atoms with E-state index in [1.165, 1.54) is 11.8 Å². The zero-order valence-corrected chi connectivity index (χ0v) is 12.2. The van der Waals surface area contributed by atoms with E-state index in [1.807, 2.05) is 17.5 Å². The first-order chi connectivity index (χ1) is 10.3. The van der Waals surface area contributed by atoms with Crippen LogP contribution in [0.3, 0.4) is 0 Å². The molecule has 1 fully saturated rings. The predicted octanol–water partition coefficient (Wildman–Crippen LogP) is 3.52. The fraction of sp³-hybridized carbons (Fsp3) is 0.176. The van der Waals surface area contributed by atoms with E-state index in [2.05, 4.69) is 24.3 Å². The van der Waals surface area contributed by atoms with Gasteiger partial charge in [-0.2, -0.15) is 4.73 Å². The largest absolute Gasteiger partial charge is 0.619 e. The molecule has 1 aliphatic rings. The summed E-state index contributed by atoms with van der Waals surface area (Å²) in [5.41, 5.74) is 3.21. The van der Waals surface area contributed by atoms with E-state index in [1.54, 1.807) is 23.6 Å². The van der Waals surface area contributed by atoms with Crippen molar-refractivity contribution in [3.8, 4) is 11.3 Å². The lowest BCUT2D eigenvalue weighted by atomic mass is 9.97. The molecule has 4 heteroatoms. The lowest BCUT2D eigenvalue weighted by Crippen LogP contribution is -2.23. The van der Waals surface area contributed by atoms with Crippen LogP contribution >= 0.6 is 11.3 Å². The maximum Gasteiger partial charge on any atom is 0.189 e. The van der Waals surface area contributed by atoms with Crippen LogP contribution in [-0.2, 0) is 5.41 Å². The number of pyridine rings is 1. The topological polar surface area (TPSA) is 39.8 Å². The average Bonchev–Trinajstić information content (AvgIpc) is 3.18. The molecule has 3 nitrogen and oxygen atoms in total. The van der Waals surface area contributed by atoms with Crippen LogP contribution in [0.15, 0.2) is 60.2 Å². The highest BCUT2D eigenvalue weighted by atomic mass is 32.1. The summed E-state index contributed by atoms with van der Waals surface area (Å²) in [6.07, 6.45) is 5.37. The van der Waals surface area contributed by atoms with Crippen molar-refractivity contribution in [3.05, 3.63) is 76.0 Å². The predicted molar refractivity (Wildman–Crippen MR) is 83.0 cm³/mol. The van der Waals surface area contributed by atoms with Gasteiger partial charge in [-0.1, -0.05) is 30.3 Å². The first-order valence-electron chi connectivity index (χ1n) is 6.99. The minimum absolute atomic E-state index is 0.104. The van der Waals surface area contributed by atoms with E-state index in [-0.39, 0.29) is 5.41 Å². The third-order valence-electron chi connectivity index (χ3n) is 4.06. The molecule has 0 N–H and O–H groups in total. The van der Waals surface area contributed by atoms with Gasteiger partial charge in [-0.3, -0.25) is 0 Å². The first-order valence-corrected chi connectivity index (χ1v) is 7.87. The molecule has 2 heterocycles. The Kier molecular flexibility index (Phi) is 2.79. The van der Waals surface area contributed by atoms with Gasteiger partial charge in [0, 0.05) is 16.9 Å². The monoisotopic (exact) mass is 294 g/mol. The van der Waals surface area contributed by atoms with Gasteiger partial charge in [0.1, 0.15) is 5.01 Å². The standard InChI is InChI=1S/C17H14N2OS/c20-19-10-4-5-13(11-19)15-12-21-16(18-15)17(8-9-17)14-6-2-1-3-7-14/h1-7,10-12H,8-9H2. The number of rotatable bonds is 3. The summed E-state index contributed by atoms with van der Waals surface area (Å²) < 4.78 is 0.818. The highest BCUT2D eigenvalue weighted by Gasteiger charge is 2.48. The van der Waals surface area contributed by atoms with Crippen LogP contribution in [0, 0.1) is 5.21 Å². The van der Waals surface area contributed by atoms with Crippen molar-refractivity contribution >= 4 is 11.3 Å². The summed E-state index contributed by atoms with van der Waals surface area (Å²) in [5, 5.41) is 14.6. The Labute approximate surface area is 127 Å². The second kappa shape index (κ2) is 4.67. The first kappa shape index (κ1) is 12.5. The lowest BCUT2D eigenvalue weighted by molar-refractivity contribution is -0.604. The molecular formula is C17H14N2OS. The molecule has 104 valence electrons. The highest BCUT2D eigenvalue weighted by Crippen LogP contribution is 2.54. The number of hydrogen-bond donors (Lipinski definition) is 0. The van der Waals surface area contributed by atoms with Crippen molar-refractivity contribution in [2.75, 3.05) is 0 Å². The van der Waals surface area contributed by atoms with E-state index >= 15 is 0 Å². The zero-order chi connectivity index (χ0) is 14.3. The van der Waals surface area contributed by atoms with Crippen molar-refractivity contribution in [3.63, 3.8) is 0 Å². The SMILES string of the molecule is [O-][n+]1cccc(-c2csc(C3(c4ccccc4)CC3)n2)c1. The van der Waals surface area contributed by atoms with Crippen LogP contribution < -0.4 is 4.73 Å². The number of nitrogens with zero attached hydrogens (tertiary/aromatic N) is 2. The van der Waals surface area contributed by atoms with Gasteiger partial charge < -0.3 is 5.21 Å². The van der Waals surface area contributed by atoms with E-state index in [9.17, 15) is 5.21 Å². The smallest absolute Gasteiger partial charge is 0.189 e. The summed E-state index contributed by atoms with van der Waals surface area (Å²) in [6, 6.07) is 14.3. The molecule has 1 aliphatic carbocycles. The van der Waals surface area contributed by atoms with Crippen LogP contribution in [0.1, 0.15) is 23.4 Å². The zero-order valence-electron chi connectivity index (χ0n) is 11.4. The summed E-state index contributed by atoms with van der Waals surface area (Å²) in [7, 11) is 0. The molecule has 2 aromatic heterocycles. The van der Waals surface area contributed by atoms with Gasteiger partial charge in [-0.25, -0.2) is 4.98 Å². The van der Waals surface area contributed by atoms with Crippen molar-refractivity contribution in [2.24, 2.45) is 0 Å². The van der Waals surface area contributed by atoms with Gasteiger partial charge >= 0.3 is 0 Å². The summed E-state index contributed by atoms with van der Waals surface area (Å²) in [6.45, 7) is 0. The normalized spacial score (nSPS) is 15.8. The van der Waals surface area contributed by atoms with E-state index in [0.29, 0.717) is 0 Å². The highest BCUT2D eigenvalue weighted by molar-refractivity contribution is 7.10. The molecule has 0 unspecified atom stereocenters. The minimum Gasteiger partial charge on any atom is -0.619 e. The molecule has 1 aromatic carbocycles. The van der Waals surface area contributed by atoms with Crippen molar-refractivity contribution in [1.29, 1.82) is 0 Å². The Bertz CT molecular complexity index is 778. The third-order valence-corrected chi connectivity index (χ3v) is 5.11. The van der Waals surface area contributed by atoms with Crippen molar-refractivity contribution in [1.82, 2.24) is 4.98 Å². The summed E-state index contributed by atoms with van der Waals surface area (Å²) >= 11 is 1.69. The molecular weight excluding hydrogens is 280 g/mol. The van der Waals surface area contributed by atoms with Crippen molar-refractivity contribution < 1.29 is 4.73 Å². The van der Waals surface area contributed by atoms with Crippen LogP contribution in [0.25, 0.3) is 11.3 Å². The summed E-state index contributed by atoms with van der Waals surface area (Å²) in [4.78, 5) is 4.80. The third kappa shape index (κ3) is 2.12. The van der Waals surface area contributed by atoms with Crippen LogP contribution in [0.4, 0.5) is 0 Å².